The van der Waals surface area contributed by atoms with Crippen molar-refractivity contribution in [3.8, 4) is 11.3 Å². The third-order valence-corrected chi connectivity index (χ3v) is 7.55. The van der Waals surface area contributed by atoms with Crippen molar-refractivity contribution in [3.63, 3.8) is 0 Å². The maximum Gasteiger partial charge on any atom is 0.338 e. The number of carbonyl (C=O) groups excluding carboxylic acids is 1. The first kappa shape index (κ1) is 23.7. The summed E-state index contributed by atoms with van der Waals surface area (Å²) in [6.45, 7) is 3.71. The number of nitrogens with zero attached hydrogens (tertiary/aromatic N) is 2. The van der Waals surface area contributed by atoms with Gasteiger partial charge < -0.3 is 14.3 Å². The summed E-state index contributed by atoms with van der Waals surface area (Å²) in [4.78, 5) is 43.3. The number of hydrogen-bond acceptors (Lipinski definition) is 8. The molecule has 1 aliphatic heterocycles. The number of carboxylic acids is 1. The lowest BCUT2D eigenvalue weighted by atomic mass is 10.0. The predicted molar refractivity (Wildman–Crippen MR) is 136 cm³/mol. The van der Waals surface area contributed by atoms with Crippen LogP contribution in [0.4, 0.5) is 0 Å². The van der Waals surface area contributed by atoms with Crippen molar-refractivity contribution in [1.29, 1.82) is 0 Å². The van der Waals surface area contributed by atoms with Gasteiger partial charge in [-0.3, -0.25) is 9.36 Å². The molecule has 0 aliphatic carbocycles. The van der Waals surface area contributed by atoms with E-state index >= 15 is 0 Å². The van der Waals surface area contributed by atoms with E-state index < -0.39 is 18.0 Å². The molecule has 1 atom stereocenters. The lowest BCUT2D eigenvalue weighted by Crippen LogP contribution is -2.39. The number of carboxylic acid groups (broad SMARTS) is 1. The first-order chi connectivity index (χ1) is 17.4. The highest BCUT2D eigenvalue weighted by molar-refractivity contribution is 7.10. The van der Waals surface area contributed by atoms with E-state index in [4.69, 9.17) is 14.3 Å². The Morgan fingerprint density at radius 1 is 1.19 bits per heavy atom. The summed E-state index contributed by atoms with van der Waals surface area (Å²) in [6, 6.07) is 13.0. The summed E-state index contributed by atoms with van der Waals surface area (Å²) in [5.41, 5.74) is 1.49. The van der Waals surface area contributed by atoms with Crippen LogP contribution >= 0.6 is 22.7 Å². The molecule has 0 saturated heterocycles. The van der Waals surface area contributed by atoms with Crippen LogP contribution in [0.15, 0.2) is 79.4 Å². The molecular formula is C26H20N2O6S2. The van der Waals surface area contributed by atoms with Crippen LogP contribution in [0.2, 0.25) is 0 Å². The third kappa shape index (κ3) is 4.25. The van der Waals surface area contributed by atoms with Crippen molar-refractivity contribution in [2.75, 3.05) is 6.61 Å². The van der Waals surface area contributed by atoms with Crippen molar-refractivity contribution in [2.24, 2.45) is 4.99 Å². The van der Waals surface area contributed by atoms with Gasteiger partial charge in [-0.25, -0.2) is 14.6 Å². The summed E-state index contributed by atoms with van der Waals surface area (Å²) in [7, 11) is 0. The molecule has 0 radical (unpaired) electrons. The number of ether oxygens (including phenoxy) is 1. The fraction of sp³-hybridized carbons (Fsp3) is 0.154. The lowest BCUT2D eigenvalue weighted by Gasteiger charge is -2.23. The number of aromatic nitrogens is 1. The zero-order valence-electron chi connectivity index (χ0n) is 19.3. The Kier molecular flexibility index (Phi) is 6.29. The number of thiazole rings is 1. The van der Waals surface area contributed by atoms with Crippen molar-refractivity contribution >= 4 is 40.7 Å². The zero-order valence-corrected chi connectivity index (χ0v) is 20.9. The number of furan rings is 1. The minimum Gasteiger partial charge on any atom is -0.478 e. The SMILES string of the molecule is CCOC(=O)C1=C(C)N=c2s/c(=C/c3ccc(-c4ccc(C(=O)O)cc4)o3)c(=O)n2[C@H]1c1cccs1. The molecule has 5 rings (SSSR count). The van der Waals surface area contributed by atoms with E-state index in [1.165, 1.54) is 39.4 Å². The summed E-state index contributed by atoms with van der Waals surface area (Å²) < 4.78 is 13.1. The summed E-state index contributed by atoms with van der Waals surface area (Å²) >= 11 is 2.68. The van der Waals surface area contributed by atoms with E-state index in [1.54, 1.807) is 44.2 Å². The molecular weight excluding hydrogens is 500 g/mol. The molecule has 0 fully saturated rings. The third-order valence-electron chi connectivity index (χ3n) is 5.65. The van der Waals surface area contributed by atoms with Gasteiger partial charge in [0.15, 0.2) is 4.80 Å². The molecule has 0 unspecified atom stereocenters. The van der Waals surface area contributed by atoms with Crippen LogP contribution in [0.5, 0.6) is 0 Å². The van der Waals surface area contributed by atoms with E-state index in [0.29, 0.717) is 37.7 Å². The van der Waals surface area contributed by atoms with Gasteiger partial charge >= 0.3 is 11.9 Å². The topological polar surface area (TPSA) is 111 Å². The van der Waals surface area contributed by atoms with Crippen LogP contribution in [-0.2, 0) is 9.53 Å². The number of allylic oxidation sites excluding steroid dienone is 1. The Morgan fingerprint density at radius 3 is 2.64 bits per heavy atom. The average Bonchev–Trinajstić information content (AvgIpc) is 3.60. The number of esters is 1. The van der Waals surface area contributed by atoms with Crippen molar-refractivity contribution in [3.05, 3.63) is 101 Å². The maximum atomic E-state index is 13.5. The molecule has 0 amide bonds. The predicted octanol–water partition coefficient (Wildman–Crippen LogP) is 3.82. The van der Waals surface area contributed by atoms with E-state index in [-0.39, 0.29) is 17.7 Å². The zero-order chi connectivity index (χ0) is 25.4. The van der Waals surface area contributed by atoms with Gasteiger partial charge in [-0.2, -0.15) is 0 Å². The normalized spacial score (nSPS) is 15.5. The van der Waals surface area contributed by atoms with Crippen molar-refractivity contribution < 1.29 is 23.8 Å². The fourth-order valence-electron chi connectivity index (χ4n) is 4.00. The van der Waals surface area contributed by atoms with E-state index in [1.807, 2.05) is 17.5 Å². The molecule has 10 heteroatoms. The summed E-state index contributed by atoms with van der Waals surface area (Å²) in [6.07, 6.45) is 1.65. The molecule has 0 saturated carbocycles. The second kappa shape index (κ2) is 9.56. The highest BCUT2D eigenvalue weighted by atomic mass is 32.1. The molecule has 4 heterocycles. The number of carbonyl (C=O) groups is 2. The summed E-state index contributed by atoms with van der Waals surface area (Å²) in [5, 5.41) is 11.0. The van der Waals surface area contributed by atoms with Gasteiger partial charge in [-0.15, -0.1) is 11.3 Å². The summed E-state index contributed by atoms with van der Waals surface area (Å²) in [5.74, 6) is -0.482. The number of fused-ring (bicyclic) bond motifs is 1. The molecule has 1 N–H and O–H groups in total. The van der Waals surface area contributed by atoms with Gasteiger partial charge in [-0.05, 0) is 49.6 Å². The van der Waals surface area contributed by atoms with Crippen molar-refractivity contribution in [2.45, 2.75) is 19.9 Å². The Morgan fingerprint density at radius 2 is 1.97 bits per heavy atom. The van der Waals surface area contributed by atoms with Crippen molar-refractivity contribution in [1.82, 2.24) is 4.57 Å². The molecule has 3 aromatic heterocycles. The quantitative estimate of drug-likeness (QED) is 0.387. The Balaban J connectivity index is 1.57. The molecule has 1 aromatic carbocycles. The number of benzene rings is 1. The molecule has 8 nitrogen and oxygen atoms in total. The number of thiophene rings is 1. The standard InChI is InChI=1S/C26H20N2O6S2/c1-3-33-25(32)21-14(2)27-26-28(22(21)19-5-4-12-35-19)23(29)20(36-26)13-17-10-11-18(34-17)15-6-8-16(9-7-15)24(30)31/h4-13,22H,3H2,1-2H3,(H,30,31)/b20-13+/t22-/m0/s1. The van der Waals surface area contributed by atoms with Crippen LogP contribution in [0.3, 0.4) is 0 Å². The molecule has 4 aromatic rings. The highest BCUT2D eigenvalue weighted by Crippen LogP contribution is 2.33. The van der Waals surface area contributed by atoms with Crippen LogP contribution in [0.25, 0.3) is 17.4 Å². The maximum absolute atomic E-state index is 13.5. The van der Waals surface area contributed by atoms with Gasteiger partial charge in [0.05, 0.1) is 28.0 Å². The largest absolute Gasteiger partial charge is 0.478 e. The lowest BCUT2D eigenvalue weighted by molar-refractivity contribution is -0.139. The van der Waals surface area contributed by atoms with E-state index in [0.717, 1.165) is 4.88 Å². The van der Waals surface area contributed by atoms with Gasteiger partial charge in [0.25, 0.3) is 5.56 Å². The number of rotatable bonds is 6. The Labute approximate surface area is 212 Å². The second-order valence-corrected chi connectivity index (χ2v) is 9.89. The smallest absolute Gasteiger partial charge is 0.338 e. The first-order valence-corrected chi connectivity index (χ1v) is 12.7. The van der Waals surface area contributed by atoms with E-state index in [9.17, 15) is 14.4 Å². The van der Waals surface area contributed by atoms with Gasteiger partial charge in [-0.1, -0.05) is 29.5 Å². The Bertz CT molecular complexity index is 1670. The molecule has 182 valence electrons. The van der Waals surface area contributed by atoms with Crippen LogP contribution in [0.1, 0.15) is 40.9 Å². The molecule has 1 aliphatic rings. The fourth-order valence-corrected chi connectivity index (χ4v) is 5.85. The van der Waals surface area contributed by atoms with Crippen LogP contribution in [0, 0.1) is 0 Å². The number of hydrogen-bond donors (Lipinski definition) is 1. The van der Waals surface area contributed by atoms with E-state index in [2.05, 4.69) is 4.99 Å². The molecule has 0 spiro atoms. The average molecular weight is 521 g/mol. The Hall–Kier alpha value is -4.02. The van der Waals surface area contributed by atoms with Crippen LogP contribution in [-0.4, -0.2) is 28.2 Å². The first-order valence-electron chi connectivity index (χ1n) is 11.0. The molecule has 0 bridgehead atoms. The van der Waals surface area contributed by atoms with Gasteiger partial charge in [0.1, 0.15) is 17.6 Å². The minimum atomic E-state index is -1.00. The highest BCUT2D eigenvalue weighted by Gasteiger charge is 2.33. The number of aromatic carboxylic acids is 1. The van der Waals surface area contributed by atoms with Gasteiger partial charge in [0, 0.05) is 16.5 Å². The monoisotopic (exact) mass is 520 g/mol. The minimum absolute atomic E-state index is 0.185. The second-order valence-electron chi connectivity index (χ2n) is 7.90. The van der Waals surface area contributed by atoms with Gasteiger partial charge in [0.2, 0.25) is 0 Å². The molecule has 36 heavy (non-hydrogen) atoms. The van der Waals surface area contributed by atoms with Crippen LogP contribution < -0.4 is 14.9 Å².